The molecule has 0 amide bonds. The summed E-state index contributed by atoms with van der Waals surface area (Å²) in [6, 6.07) is 10.3. The number of aryl methyl sites for hydroxylation is 3. The molecule has 0 aliphatic heterocycles. The summed E-state index contributed by atoms with van der Waals surface area (Å²) in [6.45, 7) is 3.33. The van der Waals surface area contributed by atoms with E-state index in [0.29, 0.717) is 41.5 Å². The lowest BCUT2D eigenvalue weighted by molar-refractivity contribution is 0.239. The van der Waals surface area contributed by atoms with Crippen LogP contribution in [0.2, 0.25) is 0 Å². The first kappa shape index (κ1) is 19.4. The molecule has 0 saturated carbocycles. The number of alkyl halides is 2. The van der Waals surface area contributed by atoms with Gasteiger partial charge in [0.25, 0.3) is 0 Å². The molecule has 1 aliphatic rings. The maximum atomic E-state index is 14.4. The highest BCUT2D eigenvalue weighted by molar-refractivity contribution is 5.73. The van der Waals surface area contributed by atoms with Crippen LogP contribution in [0.4, 0.5) is 17.6 Å². The molecule has 3 rings (SSSR count). The molecule has 0 nitrogen and oxygen atoms in total. The van der Waals surface area contributed by atoms with Gasteiger partial charge in [-0.15, -0.1) is 0 Å². The lowest BCUT2D eigenvalue weighted by Crippen LogP contribution is -2.23. The normalized spacial score (nSPS) is 19.6. The van der Waals surface area contributed by atoms with Crippen LogP contribution in [0.1, 0.15) is 35.6 Å². The predicted octanol–water partition coefficient (Wildman–Crippen LogP) is 6.47. The van der Waals surface area contributed by atoms with Gasteiger partial charge in [0.1, 0.15) is 0 Å². The zero-order valence-electron chi connectivity index (χ0n) is 15.4. The molecule has 0 spiro atoms. The van der Waals surface area contributed by atoms with Gasteiger partial charge in [0.15, 0.2) is 24.0 Å². The van der Waals surface area contributed by atoms with Gasteiger partial charge in [0, 0.05) is 0 Å². The topological polar surface area (TPSA) is 0 Å². The molecular formula is C23H22F4. The van der Waals surface area contributed by atoms with Crippen molar-refractivity contribution in [3.8, 4) is 0 Å². The minimum absolute atomic E-state index is 0.286. The van der Waals surface area contributed by atoms with Crippen LogP contribution in [0.15, 0.2) is 54.1 Å². The second-order valence-electron chi connectivity index (χ2n) is 6.89. The summed E-state index contributed by atoms with van der Waals surface area (Å²) in [5.74, 6) is -1.60. The van der Waals surface area contributed by atoms with Crippen LogP contribution in [-0.4, -0.2) is 12.3 Å². The fraction of sp³-hybridized carbons (Fsp3) is 0.304. The standard InChI is InChI=1S/C23H22F4/c1-3-16-12-13-19(23(27)21(16)25)17-9-5-15(6-10-17)7-11-18-8-4-14(2)20(24)22(18)26/h4-6,8-10,12-13,21,23H,3,7,11H2,1-2H3. The molecule has 1 aliphatic carbocycles. The van der Waals surface area contributed by atoms with Crippen LogP contribution in [0, 0.1) is 18.6 Å². The van der Waals surface area contributed by atoms with Crippen LogP contribution in [0.25, 0.3) is 5.57 Å². The Morgan fingerprint density at radius 2 is 1.52 bits per heavy atom. The SMILES string of the molecule is CCC1=CC=C(c2ccc(CCc3ccc(C)c(F)c3F)cc2)C(F)C1F. The molecular weight excluding hydrogens is 352 g/mol. The first-order chi connectivity index (χ1) is 12.9. The lowest BCUT2D eigenvalue weighted by Gasteiger charge is -2.23. The van der Waals surface area contributed by atoms with Gasteiger partial charge in [-0.3, -0.25) is 0 Å². The van der Waals surface area contributed by atoms with Crippen LogP contribution < -0.4 is 0 Å². The van der Waals surface area contributed by atoms with Gasteiger partial charge in [0.2, 0.25) is 0 Å². The summed E-state index contributed by atoms with van der Waals surface area (Å²) in [5, 5.41) is 0. The molecule has 142 valence electrons. The molecule has 0 fully saturated rings. The molecule has 0 bridgehead atoms. The molecule has 0 saturated heterocycles. The van der Waals surface area contributed by atoms with E-state index in [1.807, 2.05) is 19.1 Å². The van der Waals surface area contributed by atoms with Gasteiger partial charge in [0.05, 0.1) is 0 Å². The smallest absolute Gasteiger partial charge is 0.162 e. The molecule has 0 radical (unpaired) electrons. The van der Waals surface area contributed by atoms with Crippen LogP contribution >= 0.6 is 0 Å². The van der Waals surface area contributed by atoms with Crippen molar-refractivity contribution in [2.75, 3.05) is 0 Å². The van der Waals surface area contributed by atoms with E-state index in [1.165, 1.54) is 6.92 Å². The van der Waals surface area contributed by atoms with Crippen molar-refractivity contribution in [1.82, 2.24) is 0 Å². The van der Waals surface area contributed by atoms with Gasteiger partial charge in [-0.05, 0) is 59.6 Å². The highest BCUT2D eigenvalue weighted by Gasteiger charge is 2.30. The lowest BCUT2D eigenvalue weighted by atomic mass is 9.88. The van der Waals surface area contributed by atoms with Crippen molar-refractivity contribution >= 4 is 5.57 Å². The third-order valence-corrected chi connectivity index (χ3v) is 5.12. The Balaban J connectivity index is 1.72. The Hall–Kier alpha value is -2.36. The summed E-state index contributed by atoms with van der Waals surface area (Å²) in [5.41, 5.74) is 2.97. The molecule has 4 heteroatoms. The van der Waals surface area contributed by atoms with Crippen molar-refractivity contribution in [2.45, 2.75) is 45.5 Å². The van der Waals surface area contributed by atoms with Crippen molar-refractivity contribution in [2.24, 2.45) is 0 Å². The van der Waals surface area contributed by atoms with Crippen molar-refractivity contribution in [3.05, 3.63) is 88.0 Å². The minimum atomic E-state index is -1.67. The highest BCUT2D eigenvalue weighted by Crippen LogP contribution is 2.33. The summed E-state index contributed by atoms with van der Waals surface area (Å²) >= 11 is 0. The van der Waals surface area contributed by atoms with Crippen LogP contribution in [-0.2, 0) is 12.8 Å². The Morgan fingerprint density at radius 3 is 2.19 bits per heavy atom. The Labute approximate surface area is 157 Å². The maximum Gasteiger partial charge on any atom is 0.162 e. The fourth-order valence-electron chi connectivity index (χ4n) is 3.32. The molecule has 0 N–H and O–H groups in total. The molecule has 0 heterocycles. The number of allylic oxidation sites excluding steroid dienone is 4. The zero-order chi connectivity index (χ0) is 19.6. The van der Waals surface area contributed by atoms with Crippen LogP contribution in [0.5, 0.6) is 0 Å². The van der Waals surface area contributed by atoms with E-state index in [9.17, 15) is 17.6 Å². The number of benzene rings is 2. The Kier molecular flexibility index (Phi) is 5.83. The van der Waals surface area contributed by atoms with E-state index in [0.717, 1.165) is 5.56 Å². The second kappa shape index (κ2) is 8.12. The van der Waals surface area contributed by atoms with Crippen LogP contribution in [0.3, 0.4) is 0 Å². The molecule has 0 aromatic heterocycles. The number of hydrogen-bond donors (Lipinski definition) is 0. The molecule has 27 heavy (non-hydrogen) atoms. The largest absolute Gasteiger partial charge is 0.239 e. The maximum absolute atomic E-state index is 14.4. The summed E-state index contributed by atoms with van der Waals surface area (Å²) < 4.78 is 56.1. The van der Waals surface area contributed by atoms with E-state index in [2.05, 4.69) is 0 Å². The van der Waals surface area contributed by atoms with Crippen molar-refractivity contribution in [1.29, 1.82) is 0 Å². The predicted molar refractivity (Wildman–Crippen MR) is 101 cm³/mol. The fourth-order valence-corrected chi connectivity index (χ4v) is 3.32. The summed E-state index contributed by atoms with van der Waals surface area (Å²) in [4.78, 5) is 0. The quantitative estimate of drug-likeness (QED) is 0.526. The minimum Gasteiger partial charge on any atom is -0.239 e. The van der Waals surface area contributed by atoms with Gasteiger partial charge in [-0.25, -0.2) is 17.6 Å². The third kappa shape index (κ3) is 4.00. The van der Waals surface area contributed by atoms with E-state index in [1.54, 1.807) is 36.4 Å². The van der Waals surface area contributed by atoms with E-state index in [-0.39, 0.29) is 5.56 Å². The van der Waals surface area contributed by atoms with Gasteiger partial charge >= 0.3 is 0 Å². The Morgan fingerprint density at radius 1 is 0.815 bits per heavy atom. The Bertz CT molecular complexity index is 878. The van der Waals surface area contributed by atoms with Gasteiger partial charge < -0.3 is 0 Å². The van der Waals surface area contributed by atoms with Crippen molar-refractivity contribution in [3.63, 3.8) is 0 Å². The van der Waals surface area contributed by atoms with E-state index in [4.69, 9.17) is 0 Å². The van der Waals surface area contributed by atoms with Gasteiger partial charge in [-0.1, -0.05) is 55.5 Å². The first-order valence-corrected chi connectivity index (χ1v) is 9.14. The third-order valence-electron chi connectivity index (χ3n) is 5.12. The number of halogens is 4. The zero-order valence-corrected chi connectivity index (χ0v) is 15.4. The molecule has 2 atom stereocenters. The summed E-state index contributed by atoms with van der Waals surface area (Å²) in [7, 11) is 0. The second-order valence-corrected chi connectivity index (χ2v) is 6.89. The van der Waals surface area contributed by atoms with E-state index < -0.39 is 24.0 Å². The summed E-state index contributed by atoms with van der Waals surface area (Å²) in [6.07, 6.45) is 1.41. The average molecular weight is 374 g/mol. The number of rotatable bonds is 5. The molecule has 2 aromatic rings. The van der Waals surface area contributed by atoms with Crippen molar-refractivity contribution < 1.29 is 17.6 Å². The highest BCUT2D eigenvalue weighted by atomic mass is 19.2. The monoisotopic (exact) mass is 374 g/mol. The molecule has 2 unspecified atom stereocenters. The first-order valence-electron chi connectivity index (χ1n) is 9.14. The van der Waals surface area contributed by atoms with Gasteiger partial charge in [-0.2, -0.15) is 0 Å². The molecule has 2 aromatic carbocycles. The average Bonchev–Trinajstić information content (AvgIpc) is 2.68. The number of hydrogen-bond acceptors (Lipinski definition) is 0. The van der Waals surface area contributed by atoms with E-state index >= 15 is 0 Å².